The van der Waals surface area contributed by atoms with Crippen LogP contribution in [0.2, 0.25) is 5.02 Å². The van der Waals surface area contributed by atoms with Crippen LogP contribution in [0.25, 0.3) is 0 Å². The summed E-state index contributed by atoms with van der Waals surface area (Å²) in [6, 6.07) is 4.88. The lowest BCUT2D eigenvalue weighted by Gasteiger charge is -2.12. The van der Waals surface area contributed by atoms with E-state index in [1.807, 2.05) is 0 Å². The molecule has 13 heteroatoms. The molecule has 0 unspecified atom stereocenters. The van der Waals surface area contributed by atoms with E-state index in [0.717, 1.165) is 0 Å². The maximum Gasteiger partial charge on any atom is 0.490 e. The molecule has 1 rings (SSSR count). The molecule has 0 aliphatic carbocycles. The first-order valence-electron chi connectivity index (χ1n) is 7.51. The lowest BCUT2D eigenvalue weighted by atomic mass is 10.2. The standard InChI is InChI=1S/C13H19ClN4O3.C2HF3O2/c1-18(2)12(19)9-6-10(14)8-11(7-9)20-4-3-5-21-17-13(15)16;3-2(4,5)1(6)7/h6-8H,3-5H2,1-2H3,(H4,15,16,17);(H,6,7). The fourth-order valence-corrected chi connectivity index (χ4v) is 1.70. The van der Waals surface area contributed by atoms with Gasteiger partial charge in [-0.15, -0.1) is 0 Å². The Hall–Kier alpha value is -2.73. The molecule has 1 aromatic carbocycles. The molecule has 5 N–H and O–H groups in total. The third-order valence-electron chi connectivity index (χ3n) is 2.61. The first-order valence-corrected chi connectivity index (χ1v) is 7.89. The van der Waals surface area contributed by atoms with Gasteiger partial charge in [-0.05, 0) is 18.2 Å². The zero-order valence-electron chi connectivity index (χ0n) is 15.0. The fourth-order valence-electron chi connectivity index (χ4n) is 1.48. The predicted octanol–water partition coefficient (Wildman–Crippen LogP) is 1.86. The van der Waals surface area contributed by atoms with Gasteiger partial charge in [-0.2, -0.15) is 13.2 Å². The van der Waals surface area contributed by atoms with Crippen LogP contribution in [0.5, 0.6) is 5.75 Å². The average molecular weight is 429 g/mol. The van der Waals surface area contributed by atoms with E-state index in [9.17, 15) is 18.0 Å². The molecule has 0 aliphatic rings. The van der Waals surface area contributed by atoms with E-state index < -0.39 is 12.1 Å². The van der Waals surface area contributed by atoms with Crippen LogP contribution in [0, 0.1) is 5.41 Å². The van der Waals surface area contributed by atoms with Gasteiger partial charge in [0.15, 0.2) is 0 Å². The van der Waals surface area contributed by atoms with E-state index in [-0.39, 0.29) is 11.9 Å². The molecule has 1 amide bonds. The summed E-state index contributed by atoms with van der Waals surface area (Å²) in [4.78, 5) is 27.1. The quantitative estimate of drug-likeness (QED) is 0.225. The second-order valence-corrected chi connectivity index (χ2v) is 5.68. The highest BCUT2D eigenvalue weighted by Crippen LogP contribution is 2.22. The molecule has 158 valence electrons. The van der Waals surface area contributed by atoms with Gasteiger partial charge < -0.3 is 20.5 Å². The summed E-state index contributed by atoms with van der Waals surface area (Å²) >= 11 is 5.97. The van der Waals surface area contributed by atoms with Crippen molar-refractivity contribution in [3.8, 4) is 5.75 Å². The maximum atomic E-state index is 11.9. The highest BCUT2D eigenvalue weighted by atomic mass is 35.5. The van der Waals surface area contributed by atoms with Crippen LogP contribution in [0.4, 0.5) is 13.2 Å². The Kier molecular flexibility index (Phi) is 10.7. The smallest absolute Gasteiger partial charge is 0.490 e. The Morgan fingerprint density at radius 2 is 1.86 bits per heavy atom. The van der Waals surface area contributed by atoms with Gasteiger partial charge in [-0.3, -0.25) is 15.0 Å². The molecule has 0 radical (unpaired) electrons. The number of amides is 1. The number of halogens is 4. The Labute approximate surface area is 163 Å². The molecular formula is C15H20ClF3N4O5. The molecular weight excluding hydrogens is 409 g/mol. The number of nitrogens with zero attached hydrogens (tertiary/aromatic N) is 1. The topological polar surface area (TPSA) is 138 Å². The second-order valence-electron chi connectivity index (χ2n) is 5.24. The molecule has 9 nitrogen and oxygen atoms in total. The van der Waals surface area contributed by atoms with Gasteiger partial charge in [0.2, 0.25) is 5.96 Å². The largest absolute Gasteiger partial charge is 0.493 e. The normalized spacial score (nSPS) is 10.4. The fraction of sp³-hybridized carbons (Fsp3) is 0.400. The first-order chi connectivity index (χ1) is 12.8. The lowest BCUT2D eigenvalue weighted by molar-refractivity contribution is -0.192. The van der Waals surface area contributed by atoms with Gasteiger partial charge in [-0.25, -0.2) is 10.3 Å². The molecule has 0 atom stereocenters. The van der Waals surface area contributed by atoms with Gasteiger partial charge in [0.1, 0.15) is 5.75 Å². The molecule has 1 aromatic rings. The molecule has 0 heterocycles. The average Bonchev–Trinajstić information content (AvgIpc) is 2.56. The number of carboxylic acids is 1. The van der Waals surface area contributed by atoms with Crippen molar-refractivity contribution >= 4 is 29.4 Å². The third kappa shape index (κ3) is 11.1. The van der Waals surface area contributed by atoms with Crippen LogP contribution in [0.3, 0.4) is 0 Å². The van der Waals surface area contributed by atoms with E-state index in [2.05, 4.69) is 5.48 Å². The number of carbonyl (C=O) groups excluding carboxylic acids is 1. The van der Waals surface area contributed by atoms with Gasteiger partial charge in [-0.1, -0.05) is 11.6 Å². The van der Waals surface area contributed by atoms with Gasteiger partial charge in [0.05, 0.1) is 13.2 Å². The van der Waals surface area contributed by atoms with E-state index in [0.29, 0.717) is 36.0 Å². The zero-order valence-corrected chi connectivity index (χ0v) is 15.7. The number of benzene rings is 1. The molecule has 0 spiro atoms. The molecule has 28 heavy (non-hydrogen) atoms. The van der Waals surface area contributed by atoms with Crippen LogP contribution >= 0.6 is 11.6 Å². The molecule has 0 saturated heterocycles. The Bertz CT molecular complexity index is 686. The summed E-state index contributed by atoms with van der Waals surface area (Å²) in [7, 11) is 3.34. The highest BCUT2D eigenvalue weighted by Gasteiger charge is 2.38. The second kappa shape index (κ2) is 11.9. The summed E-state index contributed by atoms with van der Waals surface area (Å²) in [6.45, 7) is 0.721. The number of rotatable bonds is 7. The van der Waals surface area contributed by atoms with Crippen LogP contribution in [-0.2, 0) is 9.63 Å². The van der Waals surface area contributed by atoms with Crippen molar-refractivity contribution in [3.63, 3.8) is 0 Å². The van der Waals surface area contributed by atoms with Crippen molar-refractivity contribution in [2.45, 2.75) is 12.6 Å². The van der Waals surface area contributed by atoms with Crippen molar-refractivity contribution < 1.29 is 37.4 Å². The van der Waals surface area contributed by atoms with Crippen molar-refractivity contribution in [2.75, 3.05) is 27.3 Å². The summed E-state index contributed by atoms with van der Waals surface area (Å²) in [5, 5.41) is 14.5. The molecule has 0 fully saturated rings. The number of hydroxylamine groups is 1. The minimum atomic E-state index is -5.08. The van der Waals surface area contributed by atoms with Crippen molar-refractivity contribution in [1.29, 1.82) is 5.41 Å². The van der Waals surface area contributed by atoms with Crippen molar-refractivity contribution in [2.24, 2.45) is 5.73 Å². The van der Waals surface area contributed by atoms with E-state index >= 15 is 0 Å². The van der Waals surface area contributed by atoms with E-state index in [1.165, 1.54) is 4.90 Å². The summed E-state index contributed by atoms with van der Waals surface area (Å²) in [6.07, 6.45) is -4.50. The number of carbonyl (C=O) groups is 2. The Balaban J connectivity index is 0.000000887. The minimum Gasteiger partial charge on any atom is -0.493 e. The number of nitrogens with two attached hydrogens (primary N) is 1. The molecule has 0 bridgehead atoms. The van der Waals surface area contributed by atoms with E-state index in [4.69, 9.17) is 42.2 Å². The van der Waals surface area contributed by atoms with Crippen LogP contribution < -0.4 is 16.0 Å². The highest BCUT2D eigenvalue weighted by molar-refractivity contribution is 6.31. The summed E-state index contributed by atoms with van der Waals surface area (Å²) in [5.74, 6) is -2.63. The number of alkyl halides is 3. The van der Waals surface area contributed by atoms with Crippen LogP contribution in [-0.4, -0.2) is 61.3 Å². The monoisotopic (exact) mass is 428 g/mol. The summed E-state index contributed by atoms with van der Waals surface area (Å²) < 4.78 is 37.3. The zero-order chi connectivity index (χ0) is 21.9. The van der Waals surface area contributed by atoms with Gasteiger partial charge >= 0.3 is 12.1 Å². The van der Waals surface area contributed by atoms with Crippen molar-refractivity contribution in [1.82, 2.24) is 10.4 Å². The van der Waals surface area contributed by atoms with Crippen LogP contribution in [0.15, 0.2) is 18.2 Å². The third-order valence-corrected chi connectivity index (χ3v) is 2.83. The van der Waals surface area contributed by atoms with Gasteiger partial charge in [0.25, 0.3) is 5.91 Å². The first kappa shape index (κ1) is 25.3. The number of nitrogens with one attached hydrogen (secondary N) is 2. The number of ether oxygens (including phenoxy) is 1. The SMILES string of the molecule is CN(C)C(=O)c1cc(Cl)cc(OCCCONC(=N)N)c1.O=C(O)C(F)(F)F. The molecule has 0 saturated carbocycles. The minimum absolute atomic E-state index is 0.142. The van der Waals surface area contributed by atoms with E-state index in [1.54, 1.807) is 32.3 Å². The molecule has 0 aromatic heterocycles. The van der Waals surface area contributed by atoms with Crippen molar-refractivity contribution in [3.05, 3.63) is 28.8 Å². The Morgan fingerprint density at radius 3 is 2.32 bits per heavy atom. The molecule has 0 aliphatic heterocycles. The predicted molar refractivity (Wildman–Crippen MR) is 94.3 cm³/mol. The number of aliphatic carboxylic acids is 1. The number of hydrogen-bond acceptors (Lipinski definition) is 5. The van der Waals surface area contributed by atoms with Gasteiger partial charge in [0, 0.05) is 31.1 Å². The maximum absolute atomic E-state index is 11.9. The number of carboxylic acid groups (broad SMARTS) is 1. The lowest BCUT2D eigenvalue weighted by Crippen LogP contribution is -2.30. The number of hydrogen-bond donors (Lipinski definition) is 4. The summed E-state index contributed by atoms with van der Waals surface area (Å²) in [5.41, 5.74) is 7.74. The van der Waals surface area contributed by atoms with Crippen LogP contribution in [0.1, 0.15) is 16.8 Å². The number of guanidine groups is 1. The Morgan fingerprint density at radius 1 is 1.29 bits per heavy atom.